The first-order chi connectivity index (χ1) is 6.22. The van der Waals surface area contributed by atoms with Crippen LogP contribution >= 0.6 is 0 Å². The lowest BCUT2D eigenvalue weighted by Gasteiger charge is -2.23. The average Bonchev–Trinajstić information content (AvgIpc) is 2.12. The lowest BCUT2D eigenvalue weighted by atomic mass is 10.2. The van der Waals surface area contributed by atoms with Crippen LogP contribution in [0.3, 0.4) is 0 Å². The highest BCUT2D eigenvalue weighted by molar-refractivity contribution is 4.62. The highest BCUT2D eigenvalue weighted by Gasteiger charge is 2.06. The minimum Gasteiger partial charge on any atom is -0.380 e. The van der Waals surface area contributed by atoms with Crippen molar-refractivity contribution in [2.75, 3.05) is 33.4 Å². The van der Waals surface area contributed by atoms with Crippen molar-refractivity contribution in [3.05, 3.63) is 0 Å². The molecule has 0 saturated carbocycles. The SMILES string of the molecule is CCCOCCN(C)C(C)CCN. The van der Waals surface area contributed by atoms with Crippen LogP contribution in [0.1, 0.15) is 26.7 Å². The third-order valence-corrected chi connectivity index (χ3v) is 2.27. The summed E-state index contributed by atoms with van der Waals surface area (Å²) in [4.78, 5) is 2.29. The van der Waals surface area contributed by atoms with E-state index in [-0.39, 0.29) is 0 Å². The van der Waals surface area contributed by atoms with Crippen LogP contribution < -0.4 is 5.73 Å². The maximum absolute atomic E-state index is 5.49. The second-order valence-electron chi connectivity index (χ2n) is 3.52. The van der Waals surface area contributed by atoms with Crippen LogP contribution in [0.15, 0.2) is 0 Å². The average molecular weight is 188 g/mol. The van der Waals surface area contributed by atoms with Gasteiger partial charge in [-0.15, -0.1) is 0 Å². The largest absolute Gasteiger partial charge is 0.380 e. The fraction of sp³-hybridized carbons (Fsp3) is 1.00. The van der Waals surface area contributed by atoms with Crippen LogP contribution in [-0.4, -0.2) is 44.3 Å². The predicted molar refractivity (Wildman–Crippen MR) is 56.9 cm³/mol. The first kappa shape index (κ1) is 12.9. The van der Waals surface area contributed by atoms with Gasteiger partial charge in [-0.3, -0.25) is 0 Å². The molecule has 13 heavy (non-hydrogen) atoms. The predicted octanol–water partition coefficient (Wildman–Crippen LogP) is 1.08. The van der Waals surface area contributed by atoms with Crippen molar-refractivity contribution in [2.45, 2.75) is 32.7 Å². The van der Waals surface area contributed by atoms with Crippen molar-refractivity contribution in [1.82, 2.24) is 4.90 Å². The van der Waals surface area contributed by atoms with Crippen LogP contribution in [0.25, 0.3) is 0 Å². The Labute approximate surface area is 82.2 Å². The summed E-state index contributed by atoms with van der Waals surface area (Å²) in [5.74, 6) is 0. The summed E-state index contributed by atoms with van der Waals surface area (Å²) in [6, 6.07) is 0.565. The van der Waals surface area contributed by atoms with Gasteiger partial charge in [-0.1, -0.05) is 6.92 Å². The van der Waals surface area contributed by atoms with Gasteiger partial charge in [0.1, 0.15) is 0 Å². The number of nitrogens with two attached hydrogens (primary N) is 1. The fourth-order valence-corrected chi connectivity index (χ4v) is 1.14. The van der Waals surface area contributed by atoms with Gasteiger partial charge in [0, 0.05) is 19.2 Å². The van der Waals surface area contributed by atoms with Gasteiger partial charge in [-0.2, -0.15) is 0 Å². The number of hydrogen-bond acceptors (Lipinski definition) is 3. The van der Waals surface area contributed by atoms with Gasteiger partial charge in [-0.25, -0.2) is 0 Å². The topological polar surface area (TPSA) is 38.5 Å². The van der Waals surface area contributed by atoms with E-state index in [1.807, 2.05) is 0 Å². The molecule has 0 radical (unpaired) electrons. The molecule has 1 atom stereocenters. The van der Waals surface area contributed by atoms with Crippen molar-refractivity contribution in [3.8, 4) is 0 Å². The summed E-state index contributed by atoms with van der Waals surface area (Å²) in [6.45, 7) is 7.80. The Balaban J connectivity index is 3.32. The molecule has 1 unspecified atom stereocenters. The maximum Gasteiger partial charge on any atom is 0.0593 e. The standard InChI is InChI=1S/C10H24N2O/c1-4-8-13-9-7-12(3)10(2)5-6-11/h10H,4-9,11H2,1-3H3. The van der Waals surface area contributed by atoms with E-state index in [1.165, 1.54) is 0 Å². The van der Waals surface area contributed by atoms with Gasteiger partial charge in [0.05, 0.1) is 6.61 Å². The Morgan fingerprint density at radius 1 is 1.38 bits per heavy atom. The molecule has 0 aliphatic rings. The number of likely N-dealkylation sites (N-methyl/N-ethyl adjacent to an activating group) is 1. The molecule has 0 spiro atoms. The Morgan fingerprint density at radius 3 is 2.62 bits per heavy atom. The number of rotatable bonds is 8. The van der Waals surface area contributed by atoms with Gasteiger partial charge in [0.2, 0.25) is 0 Å². The first-order valence-electron chi connectivity index (χ1n) is 5.20. The minimum atomic E-state index is 0.565. The van der Waals surface area contributed by atoms with E-state index in [4.69, 9.17) is 10.5 Å². The number of ether oxygens (including phenoxy) is 1. The van der Waals surface area contributed by atoms with Crippen LogP contribution in [0.2, 0.25) is 0 Å². The monoisotopic (exact) mass is 188 g/mol. The summed E-state index contributed by atoms with van der Waals surface area (Å²) in [6.07, 6.45) is 2.16. The van der Waals surface area contributed by atoms with Crippen LogP contribution in [0, 0.1) is 0 Å². The molecule has 0 saturated heterocycles. The van der Waals surface area contributed by atoms with Gasteiger partial charge in [-0.05, 0) is 33.4 Å². The Morgan fingerprint density at radius 2 is 2.08 bits per heavy atom. The van der Waals surface area contributed by atoms with E-state index < -0.39 is 0 Å². The highest BCUT2D eigenvalue weighted by Crippen LogP contribution is 1.98. The zero-order valence-electron chi connectivity index (χ0n) is 9.25. The summed E-state index contributed by atoms with van der Waals surface area (Å²) < 4.78 is 5.41. The highest BCUT2D eigenvalue weighted by atomic mass is 16.5. The minimum absolute atomic E-state index is 0.565. The second-order valence-corrected chi connectivity index (χ2v) is 3.52. The van der Waals surface area contributed by atoms with E-state index in [9.17, 15) is 0 Å². The summed E-state index contributed by atoms with van der Waals surface area (Å²) in [5, 5.41) is 0. The van der Waals surface area contributed by atoms with Crippen molar-refractivity contribution < 1.29 is 4.74 Å². The summed E-state index contributed by atoms with van der Waals surface area (Å²) in [7, 11) is 2.12. The third kappa shape index (κ3) is 6.99. The Hall–Kier alpha value is -0.120. The molecule has 0 aromatic rings. The molecule has 0 aliphatic heterocycles. The molecule has 80 valence electrons. The Kier molecular flexibility index (Phi) is 8.40. The number of nitrogens with zero attached hydrogens (tertiary/aromatic N) is 1. The molecule has 0 rings (SSSR count). The fourth-order valence-electron chi connectivity index (χ4n) is 1.14. The third-order valence-electron chi connectivity index (χ3n) is 2.27. The molecule has 0 fully saturated rings. The summed E-state index contributed by atoms with van der Waals surface area (Å²) >= 11 is 0. The zero-order valence-corrected chi connectivity index (χ0v) is 9.25. The van der Waals surface area contributed by atoms with Crippen LogP contribution in [-0.2, 0) is 4.74 Å². The van der Waals surface area contributed by atoms with Crippen molar-refractivity contribution in [2.24, 2.45) is 5.73 Å². The van der Waals surface area contributed by atoms with Crippen LogP contribution in [0.4, 0.5) is 0 Å². The smallest absolute Gasteiger partial charge is 0.0593 e. The molecule has 3 heteroatoms. The summed E-state index contributed by atoms with van der Waals surface area (Å²) in [5.41, 5.74) is 5.49. The van der Waals surface area contributed by atoms with Gasteiger partial charge in [0.25, 0.3) is 0 Å². The molecule has 0 amide bonds. The van der Waals surface area contributed by atoms with E-state index >= 15 is 0 Å². The van der Waals surface area contributed by atoms with Gasteiger partial charge < -0.3 is 15.4 Å². The van der Waals surface area contributed by atoms with Crippen LogP contribution in [0.5, 0.6) is 0 Å². The normalized spacial score (nSPS) is 13.6. The zero-order chi connectivity index (χ0) is 10.1. The van der Waals surface area contributed by atoms with E-state index in [0.717, 1.165) is 39.1 Å². The van der Waals surface area contributed by atoms with Crippen molar-refractivity contribution in [3.63, 3.8) is 0 Å². The van der Waals surface area contributed by atoms with E-state index in [1.54, 1.807) is 0 Å². The first-order valence-corrected chi connectivity index (χ1v) is 5.20. The van der Waals surface area contributed by atoms with Crippen molar-refractivity contribution in [1.29, 1.82) is 0 Å². The molecule has 0 aliphatic carbocycles. The molecule has 0 aromatic heterocycles. The molecule has 0 aromatic carbocycles. The van der Waals surface area contributed by atoms with E-state index in [2.05, 4.69) is 25.8 Å². The molecular formula is C10H24N2O. The Bertz CT molecular complexity index is 109. The molecule has 3 nitrogen and oxygen atoms in total. The van der Waals surface area contributed by atoms with Gasteiger partial charge >= 0.3 is 0 Å². The maximum atomic E-state index is 5.49. The lowest BCUT2D eigenvalue weighted by Crippen LogP contribution is -2.33. The number of hydrogen-bond donors (Lipinski definition) is 1. The molecule has 0 bridgehead atoms. The molecule has 0 heterocycles. The molecular weight excluding hydrogens is 164 g/mol. The molecule has 2 N–H and O–H groups in total. The second kappa shape index (κ2) is 8.48. The lowest BCUT2D eigenvalue weighted by molar-refractivity contribution is 0.100. The van der Waals surface area contributed by atoms with E-state index in [0.29, 0.717) is 6.04 Å². The quantitative estimate of drug-likeness (QED) is 0.579. The van der Waals surface area contributed by atoms with Crippen molar-refractivity contribution >= 4 is 0 Å². The van der Waals surface area contributed by atoms with Gasteiger partial charge in [0.15, 0.2) is 0 Å².